The summed E-state index contributed by atoms with van der Waals surface area (Å²) in [5.74, 6) is 0.495. The minimum absolute atomic E-state index is 0.117. The molecule has 78 valence electrons. The topological polar surface area (TPSA) is 52.0 Å². The van der Waals surface area contributed by atoms with Gasteiger partial charge in [0.15, 0.2) is 0 Å². The maximum absolute atomic E-state index is 5.82. The lowest BCUT2D eigenvalue weighted by molar-refractivity contribution is 0.558. The summed E-state index contributed by atoms with van der Waals surface area (Å²) in [5.41, 5.74) is 14.0. The van der Waals surface area contributed by atoms with E-state index in [9.17, 15) is 0 Å². The van der Waals surface area contributed by atoms with Gasteiger partial charge in [0.25, 0.3) is 0 Å². The molecular weight excluding hydrogens is 172 g/mol. The van der Waals surface area contributed by atoms with E-state index < -0.39 is 0 Å². The Balaban J connectivity index is 2.60. The molecule has 0 heterocycles. The van der Waals surface area contributed by atoms with Crippen LogP contribution in [0.15, 0.2) is 24.3 Å². The number of rotatable bonds is 4. The lowest BCUT2D eigenvalue weighted by atomic mass is 9.94. The monoisotopic (exact) mass is 192 g/mol. The van der Waals surface area contributed by atoms with Crippen molar-refractivity contribution in [1.29, 1.82) is 0 Å². The molecule has 0 bridgehead atoms. The average molecular weight is 192 g/mol. The van der Waals surface area contributed by atoms with Crippen LogP contribution in [-0.4, -0.2) is 12.6 Å². The molecule has 4 N–H and O–H groups in total. The highest BCUT2D eigenvalue weighted by atomic mass is 14.7. The molecule has 2 atom stereocenters. The zero-order valence-electron chi connectivity index (χ0n) is 9.03. The predicted octanol–water partition coefficient (Wildman–Crippen LogP) is 1.77. The highest BCUT2D eigenvalue weighted by Gasteiger charge is 2.09. The Morgan fingerprint density at radius 3 is 2.29 bits per heavy atom. The van der Waals surface area contributed by atoms with Gasteiger partial charge in [0.2, 0.25) is 0 Å². The van der Waals surface area contributed by atoms with Gasteiger partial charge in [-0.1, -0.05) is 36.8 Å². The van der Waals surface area contributed by atoms with Crippen LogP contribution < -0.4 is 11.5 Å². The number of benzene rings is 1. The Kier molecular flexibility index (Phi) is 4.11. The lowest BCUT2D eigenvalue weighted by Crippen LogP contribution is -2.30. The minimum Gasteiger partial charge on any atom is -0.329 e. The first kappa shape index (κ1) is 11.2. The molecule has 1 rings (SSSR count). The van der Waals surface area contributed by atoms with E-state index in [1.807, 2.05) is 0 Å². The third-order valence-corrected chi connectivity index (χ3v) is 2.61. The molecule has 2 heteroatoms. The normalized spacial score (nSPS) is 15.1. The molecule has 0 saturated heterocycles. The van der Waals surface area contributed by atoms with Crippen molar-refractivity contribution >= 4 is 0 Å². The van der Waals surface area contributed by atoms with Crippen molar-refractivity contribution in [3.8, 4) is 0 Å². The summed E-state index contributed by atoms with van der Waals surface area (Å²) < 4.78 is 0. The van der Waals surface area contributed by atoms with E-state index in [1.165, 1.54) is 11.1 Å². The van der Waals surface area contributed by atoms with Crippen LogP contribution in [0.3, 0.4) is 0 Å². The fourth-order valence-corrected chi connectivity index (χ4v) is 1.58. The van der Waals surface area contributed by atoms with Gasteiger partial charge in [-0.2, -0.15) is 0 Å². The molecule has 0 fully saturated rings. The maximum atomic E-state index is 5.82. The van der Waals surface area contributed by atoms with Crippen molar-refractivity contribution in [2.45, 2.75) is 32.2 Å². The first-order chi connectivity index (χ1) is 6.63. The molecule has 1 aromatic rings. The Bertz CT molecular complexity index is 266. The van der Waals surface area contributed by atoms with E-state index in [4.69, 9.17) is 11.5 Å². The highest BCUT2D eigenvalue weighted by molar-refractivity contribution is 5.24. The Labute approximate surface area is 86.3 Å². The number of nitrogens with two attached hydrogens (primary N) is 2. The van der Waals surface area contributed by atoms with E-state index >= 15 is 0 Å². The molecular formula is C12H20N2. The standard InChI is InChI=1S/C12H20N2/c1-9-3-5-11(6-4-9)10(2)7-12(14)8-13/h3-6,10,12H,7-8,13-14H2,1-2H3. The Hall–Kier alpha value is -0.860. The van der Waals surface area contributed by atoms with E-state index in [0.29, 0.717) is 12.5 Å². The summed E-state index contributed by atoms with van der Waals surface area (Å²) in [6.07, 6.45) is 0.958. The minimum atomic E-state index is 0.117. The molecule has 0 aliphatic rings. The average Bonchev–Trinajstić information content (AvgIpc) is 2.18. The SMILES string of the molecule is Cc1ccc(C(C)CC(N)CN)cc1. The van der Waals surface area contributed by atoms with Gasteiger partial charge in [0.1, 0.15) is 0 Å². The number of aryl methyl sites for hydroxylation is 1. The Morgan fingerprint density at radius 1 is 1.21 bits per heavy atom. The van der Waals surface area contributed by atoms with Crippen LogP contribution in [0.25, 0.3) is 0 Å². The van der Waals surface area contributed by atoms with Crippen LogP contribution in [0.2, 0.25) is 0 Å². The molecule has 0 aliphatic carbocycles. The van der Waals surface area contributed by atoms with Crippen LogP contribution in [0.5, 0.6) is 0 Å². The molecule has 0 amide bonds. The van der Waals surface area contributed by atoms with Gasteiger partial charge in [0, 0.05) is 12.6 Å². The number of hydrogen-bond acceptors (Lipinski definition) is 2. The second-order valence-electron chi connectivity index (χ2n) is 4.04. The van der Waals surface area contributed by atoms with Gasteiger partial charge in [0.05, 0.1) is 0 Å². The van der Waals surface area contributed by atoms with Gasteiger partial charge in [-0.3, -0.25) is 0 Å². The summed E-state index contributed by atoms with van der Waals surface area (Å²) in [6.45, 7) is 4.86. The van der Waals surface area contributed by atoms with Gasteiger partial charge in [-0.05, 0) is 24.8 Å². The van der Waals surface area contributed by atoms with E-state index in [2.05, 4.69) is 38.1 Å². The maximum Gasteiger partial charge on any atom is 0.0168 e. The van der Waals surface area contributed by atoms with Crippen molar-refractivity contribution in [2.24, 2.45) is 11.5 Å². The van der Waals surface area contributed by atoms with Crippen LogP contribution in [0.1, 0.15) is 30.4 Å². The molecule has 0 spiro atoms. The predicted molar refractivity (Wildman–Crippen MR) is 61.2 cm³/mol. The fraction of sp³-hybridized carbons (Fsp3) is 0.500. The molecule has 2 nitrogen and oxygen atoms in total. The summed E-state index contributed by atoms with van der Waals surface area (Å²) >= 11 is 0. The van der Waals surface area contributed by atoms with E-state index in [-0.39, 0.29) is 6.04 Å². The van der Waals surface area contributed by atoms with Crippen molar-refractivity contribution < 1.29 is 0 Å². The van der Waals surface area contributed by atoms with Crippen molar-refractivity contribution in [3.63, 3.8) is 0 Å². The molecule has 0 saturated carbocycles. The van der Waals surface area contributed by atoms with Crippen LogP contribution in [0.4, 0.5) is 0 Å². The molecule has 1 aromatic carbocycles. The van der Waals surface area contributed by atoms with Gasteiger partial charge in [-0.15, -0.1) is 0 Å². The first-order valence-corrected chi connectivity index (χ1v) is 5.15. The number of hydrogen-bond donors (Lipinski definition) is 2. The quantitative estimate of drug-likeness (QED) is 0.764. The van der Waals surface area contributed by atoms with Crippen LogP contribution in [0, 0.1) is 6.92 Å². The molecule has 2 unspecified atom stereocenters. The lowest BCUT2D eigenvalue weighted by Gasteiger charge is -2.16. The second-order valence-corrected chi connectivity index (χ2v) is 4.04. The van der Waals surface area contributed by atoms with Crippen molar-refractivity contribution in [2.75, 3.05) is 6.54 Å². The summed E-state index contributed by atoms with van der Waals surface area (Å²) in [6, 6.07) is 8.73. The zero-order valence-corrected chi connectivity index (χ0v) is 9.03. The highest BCUT2D eigenvalue weighted by Crippen LogP contribution is 2.20. The van der Waals surface area contributed by atoms with E-state index in [1.54, 1.807) is 0 Å². The van der Waals surface area contributed by atoms with Crippen LogP contribution >= 0.6 is 0 Å². The summed E-state index contributed by atoms with van der Waals surface area (Å²) in [5, 5.41) is 0. The van der Waals surface area contributed by atoms with Crippen molar-refractivity contribution in [1.82, 2.24) is 0 Å². The molecule has 0 aromatic heterocycles. The summed E-state index contributed by atoms with van der Waals surface area (Å²) in [4.78, 5) is 0. The molecule has 14 heavy (non-hydrogen) atoms. The van der Waals surface area contributed by atoms with E-state index in [0.717, 1.165) is 6.42 Å². The third kappa shape index (κ3) is 3.13. The van der Waals surface area contributed by atoms with Gasteiger partial charge in [-0.25, -0.2) is 0 Å². The molecule has 0 aliphatic heterocycles. The largest absolute Gasteiger partial charge is 0.329 e. The fourth-order valence-electron chi connectivity index (χ4n) is 1.58. The smallest absolute Gasteiger partial charge is 0.0168 e. The van der Waals surface area contributed by atoms with Gasteiger partial charge >= 0.3 is 0 Å². The molecule has 0 radical (unpaired) electrons. The van der Waals surface area contributed by atoms with Gasteiger partial charge < -0.3 is 11.5 Å². The summed E-state index contributed by atoms with van der Waals surface area (Å²) in [7, 11) is 0. The van der Waals surface area contributed by atoms with Crippen LogP contribution in [-0.2, 0) is 0 Å². The Morgan fingerprint density at radius 2 is 1.79 bits per heavy atom. The first-order valence-electron chi connectivity index (χ1n) is 5.15. The van der Waals surface area contributed by atoms with Crippen molar-refractivity contribution in [3.05, 3.63) is 35.4 Å². The third-order valence-electron chi connectivity index (χ3n) is 2.61. The zero-order chi connectivity index (χ0) is 10.6. The second kappa shape index (κ2) is 5.13.